The quantitative estimate of drug-likeness (QED) is 0.798. The van der Waals surface area contributed by atoms with Crippen LogP contribution in [0, 0.1) is 5.92 Å². The van der Waals surface area contributed by atoms with E-state index in [1.165, 1.54) is 0 Å². The minimum atomic E-state index is -0.0848. The molecule has 0 aliphatic rings. The predicted molar refractivity (Wildman–Crippen MR) is 62.6 cm³/mol. The molecule has 16 heavy (non-hydrogen) atoms. The number of aliphatic hydroxyl groups is 1. The number of hydrogen-bond acceptors (Lipinski definition) is 3. The highest BCUT2D eigenvalue weighted by molar-refractivity contribution is 5.78. The Kier molecular flexibility index (Phi) is 4.99. The fraction of sp³-hybridized carbons (Fsp3) is 0.462. The van der Waals surface area contributed by atoms with Gasteiger partial charge < -0.3 is 9.84 Å². The monoisotopic (exact) mass is 222 g/mol. The smallest absolute Gasteiger partial charge is 0.133 e. The van der Waals surface area contributed by atoms with Gasteiger partial charge in [0.1, 0.15) is 11.5 Å². The maximum atomic E-state index is 11.3. The van der Waals surface area contributed by atoms with Crippen LogP contribution in [-0.2, 0) is 11.2 Å². The summed E-state index contributed by atoms with van der Waals surface area (Å²) in [5, 5.41) is 8.87. The highest BCUT2D eigenvalue weighted by Crippen LogP contribution is 2.16. The molecule has 0 spiro atoms. The summed E-state index contributed by atoms with van der Waals surface area (Å²) < 4.78 is 5.06. The van der Waals surface area contributed by atoms with Crippen LogP contribution in [0.25, 0.3) is 0 Å². The number of hydrogen-bond donors (Lipinski definition) is 1. The molecule has 1 atom stereocenters. The van der Waals surface area contributed by atoms with Crippen molar-refractivity contribution in [1.82, 2.24) is 0 Å². The summed E-state index contributed by atoms with van der Waals surface area (Å²) >= 11 is 0. The number of aliphatic hydroxyl groups excluding tert-OH is 1. The van der Waals surface area contributed by atoms with Gasteiger partial charge in [-0.3, -0.25) is 4.79 Å². The molecule has 0 saturated carbocycles. The van der Waals surface area contributed by atoms with Gasteiger partial charge >= 0.3 is 0 Å². The number of ether oxygens (including phenoxy) is 1. The molecule has 0 heterocycles. The van der Waals surface area contributed by atoms with Crippen molar-refractivity contribution in [1.29, 1.82) is 0 Å². The van der Waals surface area contributed by atoms with Crippen LogP contribution >= 0.6 is 0 Å². The summed E-state index contributed by atoms with van der Waals surface area (Å²) in [5.41, 5.74) is 1.09. The third-order valence-electron chi connectivity index (χ3n) is 2.69. The molecule has 88 valence electrons. The van der Waals surface area contributed by atoms with Crippen molar-refractivity contribution in [2.24, 2.45) is 5.92 Å². The van der Waals surface area contributed by atoms with Crippen molar-refractivity contribution in [2.75, 3.05) is 13.7 Å². The summed E-state index contributed by atoms with van der Waals surface area (Å²) in [6.07, 6.45) is 1.21. The van der Waals surface area contributed by atoms with Gasteiger partial charge in [0.25, 0.3) is 0 Å². The zero-order valence-electron chi connectivity index (χ0n) is 9.77. The van der Waals surface area contributed by atoms with Gasteiger partial charge in [-0.25, -0.2) is 0 Å². The molecule has 0 saturated heterocycles. The van der Waals surface area contributed by atoms with E-state index >= 15 is 0 Å². The van der Waals surface area contributed by atoms with E-state index in [2.05, 4.69) is 0 Å². The fourth-order valence-corrected chi connectivity index (χ4v) is 1.65. The van der Waals surface area contributed by atoms with Crippen LogP contribution in [0.1, 0.15) is 18.9 Å². The molecule has 1 aromatic carbocycles. The van der Waals surface area contributed by atoms with Crippen molar-refractivity contribution < 1.29 is 14.6 Å². The van der Waals surface area contributed by atoms with Crippen LogP contribution in [0.5, 0.6) is 5.75 Å². The third-order valence-corrected chi connectivity index (χ3v) is 2.69. The lowest BCUT2D eigenvalue weighted by Gasteiger charge is -2.12. The first-order valence-electron chi connectivity index (χ1n) is 5.41. The van der Waals surface area contributed by atoms with Crippen molar-refractivity contribution in [3.8, 4) is 5.75 Å². The molecule has 1 rings (SSSR count). The molecule has 0 aromatic heterocycles. The number of methoxy groups -OCH3 is 1. The van der Waals surface area contributed by atoms with E-state index in [4.69, 9.17) is 9.84 Å². The van der Waals surface area contributed by atoms with Gasteiger partial charge in [0.05, 0.1) is 7.11 Å². The first kappa shape index (κ1) is 12.7. The largest absolute Gasteiger partial charge is 0.497 e. The van der Waals surface area contributed by atoms with Gasteiger partial charge in [-0.05, 0) is 37.5 Å². The van der Waals surface area contributed by atoms with Gasteiger partial charge in [-0.1, -0.05) is 12.1 Å². The Morgan fingerprint density at radius 2 is 2.00 bits per heavy atom. The molecule has 1 unspecified atom stereocenters. The Morgan fingerprint density at radius 3 is 2.44 bits per heavy atom. The summed E-state index contributed by atoms with van der Waals surface area (Å²) in [6, 6.07) is 7.66. The Labute approximate surface area is 96.1 Å². The lowest BCUT2D eigenvalue weighted by atomic mass is 9.93. The molecule has 3 heteroatoms. The van der Waals surface area contributed by atoms with E-state index in [0.29, 0.717) is 12.8 Å². The van der Waals surface area contributed by atoms with Gasteiger partial charge in [0.15, 0.2) is 0 Å². The second-order valence-electron chi connectivity index (χ2n) is 3.87. The lowest BCUT2D eigenvalue weighted by molar-refractivity contribution is -0.121. The number of carbonyl (C=O) groups excluding carboxylic acids is 1. The van der Waals surface area contributed by atoms with E-state index < -0.39 is 0 Å². The number of rotatable bonds is 6. The molecule has 0 amide bonds. The van der Waals surface area contributed by atoms with E-state index in [0.717, 1.165) is 11.3 Å². The molecule has 0 aliphatic heterocycles. The van der Waals surface area contributed by atoms with E-state index in [1.807, 2.05) is 24.3 Å². The highest BCUT2D eigenvalue weighted by atomic mass is 16.5. The zero-order chi connectivity index (χ0) is 12.0. The third kappa shape index (κ3) is 3.66. The first-order valence-corrected chi connectivity index (χ1v) is 5.41. The average molecular weight is 222 g/mol. The number of Topliss-reactive ketones (excluding diaryl/α,β-unsaturated/α-hetero) is 1. The predicted octanol–water partition coefficient (Wildman–Crippen LogP) is 1.83. The molecule has 3 nitrogen and oxygen atoms in total. The molecule has 0 fully saturated rings. The van der Waals surface area contributed by atoms with Crippen molar-refractivity contribution in [2.45, 2.75) is 19.8 Å². The van der Waals surface area contributed by atoms with Crippen molar-refractivity contribution in [3.63, 3.8) is 0 Å². The van der Waals surface area contributed by atoms with Gasteiger partial charge in [0.2, 0.25) is 0 Å². The standard InChI is InChI=1S/C13H18O3/c1-10(15)12(7-8-14)9-11-3-5-13(16-2)6-4-11/h3-6,12,14H,7-9H2,1-2H3. The van der Waals surface area contributed by atoms with E-state index in [-0.39, 0.29) is 18.3 Å². The lowest BCUT2D eigenvalue weighted by Crippen LogP contribution is -2.15. The van der Waals surface area contributed by atoms with Crippen LogP contribution in [0.4, 0.5) is 0 Å². The van der Waals surface area contributed by atoms with Gasteiger partial charge in [-0.15, -0.1) is 0 Å². The van der Waals surface area contributed by atoms with Crippen LogP contribution in [0.3, 0.4) is 0 Å². The molecular formula is C13H18O3. The molecular weight excluding hydrogens is 204 g/mol. The highest BCUT2D eigenvalue weighted by Gasteiger charge is 2.14. The Morgan fingerprint density at radius 1 is 1.38 bits per heavy atom. The molecule has 0 aliphatic carbocycles. The fourth-order valence-electron chi connectivity index (χ4n) is 1.65. The summed E-state index contributed by atoms with van der Waals surface area (Å²) in [5.74, 6) is 0.855. The van der Waals surface area contributed by atoms with Crippen molar-refractivity contribution in [3.05, 3.63) is 29.8 Å². The van der Waals surface area contributed by atoms with E-state index in [9.17, 15) is 4.79 Å². The van der Waals surface area contributed by atoms with Crippen molar-refractivity contribution >= 4 is 5.78 Å². The Balaban J connectivity index is 2.65. The maximum Gasteiger partial charge on any atom is 0.133 e. The molecule has 0 bridgehead atoms. The average Bonchev–Trinajstić information content (AvgIpc) is 2.29. The van der Waals surface area contributed by atoms with Crippen LogP contribution in [-0.4, -0.2) is 24.6 Å². The SMILES string of the molecule is COc1ccc(CC(CCO)C(C)=O)cc1. The second-order valence-corrected chi connectivity index (χ2v) is 3.87. The van der Waals surface area contributed by atoms with Crippen LogP contribution < -0.4 is 4.74 Å². The Hall–Kier alpha value is -1.35. The first-order chi connectivity index (χ1) is 7.67. The second kappa shape index (κ2) is 6.28. The van der Waals surface area contributed by atoms with E-state index in [1.54, 1.807) is 14.0 Å². The normalized spacial score (nSPS) is 12.2. The zero-order valence-corrected chi connectivity index (χ0v) is 9.77. The summed E-state index contributed by atoms with van der Waals surface area (Å²) in [6.45, 7) is 1.63. The number of carbonyl (C=O) groups is 1. The van der Waals surface area contributed by atoms with Crippen LogP contribution in [0.15, 0.2) is 24.3 Å². The van der Waals surface area contributed by atoms with Gasteiger partial charge in [0, 0.05) is 12.5 Å². The van der Waals surface area contributed by atoms with Gasteiger partial charge in [-0.2, -0.15) is 0 Å². The molecule has 0 radical (unpaired) electrons. The summed E-state index contributed by atoms with van der Waals surface area (Å²) in [7, 11) is 1.62. The minimum Gasteiger partial charge on any atom is -0.497 e. The minimum absolute atomic E-state index is 0.0560. The number of ketones is 1. The maximum absolute atomic E-state index is 11.3. The number of benzene rings is 1. The molecule has 1 N–H and O–H groups in total. The topological polar surface area (TPSA) is 46.5 Å². The Bertz CT molecular complexity index is 330. The van der Waals surface area contributed by atoms with Crippen LogP contribution in [0.2, 0.25) is 0 Å². The summed E-state index contributed by atoms with van der Waals surface area (Å²) in [4.78, 5) is 11.3. The molecule has 1 aromatic rings.